The van der Waals surface area contributed by atoms with Crippen molar-refractivity contribution < 1.29 is 14.4 Å². The van der Waals surface area contributed by atoms with Crippen LogP contribution in [-0.2, 0) is 0 Å². The number of nitrogens with zero attached hydrogens (tertiary/aromatic N) is 1. The van der Waals surface area contributed by atoms with E-state index in [1.807, 2.05) is 6.08 Å². The van der Waals surface area contributed by atoms with Crippen molar-refractivity contribution in [2.75, 3.05) is 0 Å². The molecule has 0 aliphatic heterocycles. The highest BCUT2D eigenvalue weighted by Crippen LogP contribution is 2.31. The molecule has 1 aliphatic rings. The molecule has 1 heterocycles. The molecule has 1 N–H and O–H groups in total. The van der Waals surface area contributed by atoms with Crippen molar-refractivity contribution >= 4 is 5.88 Å². The number of hydrogen-bond donors (Lipinski definition) is 1. The number of furan rings is 1. The fraction of sp³-hybridized carbons (Fsp3) is 0.455. The molecular formula is C11H13NO4. The number of aliphatic hydroxyl groups excluding tert-OH is 1. The Hall–Kier alpha value is -1.62. The van der Waals surface area contributed by atoms with Gasteiger partial charge in [-0.15, -0.1) is 0 Å². The lowest BCUT2D eigenvalue weighted by Gasteiger charge is -2.16. The van der Waals surface area contributed by atoms with Gasteiger partial charge in [0.05, 0.1) is 6.07 Å². The maximum atomic E-state index is 10.4. The zero-order valence-corrected chi connectivity index (χ0v) is 8.76. The molecule has 1 aromatic heterocycles. The highest BCUT2D eigenvalue weighted by atomic mass is 16.6. The molecular weight excluding hydrogens is 210 g/mol. The third-order valence-electron chi connectivity index (χ3n) is 2.74. The standard InChI is InChI=1S/C11H13NO4/c13-11(8-4-2-1-3-5-8)9-6-7-10(16-9)12(14)15/h4,6-7,11,13H,1-3,5H2. The van der Waals surface area contributed by atoms with Gasteiger partial charge in [-0.2, -0.15) is 0 Å². The van der Waals surface area contributed by atoms with E-state index in [4.69, 9.17) is 4.42 Å². The van der Waals surface area contributed by atoms with Crippen LogP contribution in [0.4, 0.5) is 5.88 Å². The Morgan fingerprint density at radius 3 is 2.81 bits per heavy atom. The summed E-state index contributed by atoms with van der Waals surface area (Å²) in [6, 6.07) is 2.72. The fourth-order valence-corrected chi connectivity index (χ4v) is 1.88. The van der Waals surface area contributed by atoms with Crippen molar-refractivity contribution in [3.05, 3.63) is 39.7 Å². The summed E-state index contributed by atoms with van der Waals surface area (Å²) in [6.07, 6.45) is 5.11. The molecule has 86 valence electrons. The molecule has 0 aromatic carbocycles. The molecule has 0 radical (unpaired) electrons. The summed E-state index contributed by atoms with van der Waals surface area (Å²) >= 11 is 0. The average molecular weight is 223 g/mol. The van der Waals surface area contributed by atoms with Gasteiger partial charge in [0, 0.05) is 0 Å². The maximum absolute atomic E-state index is 10.4. The first-order valence-electron chi connectivity index (χ1n) is 5.29. The van der Waals surface area contributed by atoms with Crippen LogP contribution < -0.4 is 0 Å². The van der Waals surface area contributed by atoms with Gasteiger partial charge >= 0.3 is 5.88 Å². The van der Waals surface area contributed by atoms with Gasteiger partial charge in [0.25, 0.3) is 0 Å². The largest absolute Gasteiger partial charge is 0.433 e. The molecule has 2 rings (SSSR count). The average Bonchev–Trinajstić information content (AvgIpc) is 2.78. The predicted molar refractivity (Wildman–Crippen MR) is 56.9 cm³/mol. The molecule has 1 unspecified atom stereocenters. The van der Waals surface area contributed by atoms with E-state index in [9.17, 15) is 15.2 Å². The van der Waals surface area contributed by atoms with Crippen LogP contribution in [0, 0.1) is 10.1 Å². The lowest BCUT2D eigenvalue weighted by molar-refractivity contribution is -0.402. The van der Waals surface area contributed by atoms with E-state index >= 15 is 0 Å². The lowest BCUT2D eigenvalue weighted by atomic mass is 9.94. The molecule has 5 nitrogen and oxygen atoms in total. The predicted octanol–water partition coefficient (Wildman–Crippen LogP) is 2.72. The van der Waals surface area contributed by atoms with Gasteiger partial charge in [-0.25, -0.2) is 0 Å². The number of hydrogen-bond acceptors (Lipinski definition) is 4. The molecule has 1 atom stereocenters. The van der Waals surface area contributed by atoms with Crippen molar-refractivity contribution in [3.63, 3.8) is 0 Å². The third-order valence-corrected chi connectivity index (χ3v) is 2.74. The monoisotopic (exact) mass is 223 g/mol. The normalized spacial score (nSPS) is 17.9. The van der Waals surface area contributed by atoms with Gasteiger partial charge in [-0.3, -0.25) is 10.1 Å². The number of nitro groups is 1. The topological polar surface area (TPSA) is 76.5 Å². The second kappa shape index (κ2) is 4.49. The number of allylic oxidation sites excluding steroid dienone is 1. The Kier molecular flexibility index (Phi) is 3.05. The van der Waals surface area contributed by atoms with E-state index in [-0.39, 0.29) is 11.6 Å². The van der Waals surface area contributed by atoms with Gasteiger partial charge < -0.3 is 9.52 Å². The number of rotatable bonds is 3. The van der Waals surface area contributed by atoms with Crippen molar-refractivity contribution in [3.8, 4) is 0 Å². The second-order valence-corrected chi connectivity index (χ2v) is 3.86. The highest BCUT2D eigenvalue weighted by molar-refractivity contribution is 5.25. The van der Waals surface area contributed by atoms with Crippen LogP contribution >= 0.6 is 0 Å². The summed E-state index contributed by atoms with van der Waals surface area (Å²) in [4.78, 5) is 9.82. The van der Waals surface area contributed by atoms with Gasteiger partial charge in [-0.1, -0.05) is 6.08 Å². The highest BCUT2D eigenvalue weighted by Gasteiger charge is 2.21. The van der Waals surface area contributed by atoms with Crippen LogP contribution in [0.15, 0.2) is 28.2 Å². The molecule has 0 saturated carbocycles. The van der Waals surface area contributed by atoms with Gasteiger partial charge in [0.15, 0.2) is 0 Å². The molecule has 1 aromatic rings. The summed E-state index contributed by atoms with van der Waals surface area (Å²) in [5.41, 5.74) is 0.899. The van der Waals surface area contributed by atoms with Crippen molar-refractivity contribution in [1.82, 2.24) is 0 Å². The summed E-state index contributed by atoms with van der Waals surface area (Å²) in [6.45, 7) is 0. The first kappa shape index (κ1) is 10.9. The SMILES string of the molecule is O=[N+]([O-])c1ccc(C(O)C2=CCCCC2)o1. The molecule has 0 fully saturated rings. The Bertz CT molecular complexity index is 421. The molecule has 0 bridgehead atoms. The molecule has 0 amide bonds. The van der Waals surface area contributed by atoms with Crippen molar-refractivity contribution in [2.24, 2.45) is 0 Å². The summed E-state index contributed by atoms with van der Waals surface area (Å²) < 4.78 is 4.97. The fourth-order valence-electron chi connectivity index (χ4n) is 1.88. The van der Waals surface area contributed by atoms with Crippen LogP contribution in [0.5, 0.6) is 0 Å². The number of aliphatic hydroxyl groups is 1. The van der Waals surface area contributed by atoms with Crippen LogP contribution in [0.25, 0.3) is 0 Å². The van der Waals surface area contributed by atoms with E-state index in [0.717, 1.165) is 31.3 Å². The van der Waals surface area contributed by atoms with Crippen LogP contribution in [-0.4, -0.2) is 10.0 Å². The minimum atomic E-state index is -0.839. The van der Waals surface area contributed by atoms with Crippen LogP contribution in [0.2, 0.25) is 0 Å². The Balaban J connectivity index is 2.16. The van der Waals surface area contributed by atoms with E-state index in [2.05, 4.69) is 0 Å². The molecule has 5 heteroatoms. The summed E-state index contributed by atoms with van der Waals surface area (Å²) in [7, 11) is 0. The second-order valence-electron chi connectivity index (χ2n) is 3.86. The molecule has 16 heavy (non-hydrogen) atoms. The quantitative estimate of drug-likeness (QED) is 0.485. The van der Waals surface area contributed by atoms with Crippen LogP contribution in [0.1, 0.15) is 37.5 Å². The van der Waals surface area contributed by atoms with E-state index in [1.54, 1.807) is 0 Å². The van der Waals surface area contributed by atoms with Gasteiger partial charge in [0.1, 0.15) is 16.8 Å². The molecule has 0 spiro atoms. The zero-order valence-electron chi connectivity index (χ0n) is 8.76. The van der Waals surface area contributed by atoms with Crippen molar-refractivity contribution in [1.29, 1.82) is 0 Å². The maximum Gasteiger partial charge on any atom is 0.433 e. The molecule has 0 saturated heterocycles. The zero-order chi connectivity index (χ0) is 11.5. The minimum Gasteiger partial charge on any atom is -0.403 e. The first-order valence-corrected chi connectivity index (χ1v) is 5.29. The Labute approximate surface area is 92.5 Å². The minimum absolute atomic E-state index is 0.250. The molecule has 1 aliphatic carbocycles. The van der Waals surface area contributed by atoms with Crippen molar-refractivity contribution in [2.45, 2.75) is 31.8 Å². The lowest BCUT2D eigenvalue weighted by Crippen LogP contribution is -2.03. The van der Waals surface area contributed by atoms with E-state index < -0.39 is 11.0 Å². The summed E-state index contributed by atoms with van der Waals surface area (Å²) in [5, 5.41) is 20.4. The van der Waals surface area contributed by atoms with E-state index in [0.29, 0.717) is 0 Å². The van der Waals surface area contributed by atoms with Crippen LogP contribution in [0.3, 0.4) is 0 Å². The summed E-state index contributed by atoms with van der Waals surface area (Å²) in [5.74, 6) is -0.0784. The third kappa shape index (κ3) is 2.14. The Morgan fingerprint density at radius 1 is 1.44 bits per heavy atom. The smallest absolute Gasteiger partial charge is 0.403 e. The Morgan fingerprint density at radius 2 is 2.25 bits per heavy atom. The van der Waals surface area contributed by atoms with Gasteiger partial charge in [0.2, 0.25) is 0 Å². The van der Waals surface area contributed by atoms with Gasteiger partial charge in [-0.05, 0) is 37.3 Å². The first-order chi connectivity index (χ1) is 7.68. The van der Waals surface area contributed by atoms with E-state index in [1.165, 1.54) is 12.1 Å².